The number of aliphatic hydroxyl groups is 1. The SMILES string of the molecule is CCNC(CO)Cn1nc(C)cc1C. The van der Waals surface area contributed by atoms with Gasteiger partial charge in [-0.05, 0) is 26.5 Å². The van der Waals surface area contributed by atoms with Gasteiger partial charge in [-0.1, -0.05) is 6.92 Å². The van der Waals surface area contributed by atoms with Crippen LogP contribution in [0.1, 0.15) is 18.3 Å². The van der Waals surface area contributed by atoms with Crippen LogP contribution in [0.5, 0.6) is 0 Å². The fraction of sp³-hybridized carbons (Fsp3) is 0.700. The number of aliphatic hydroxyl groups excluding tert-OH is 1. The lowest BCUT2D eigenvalue weighted by atomic mass is 10.3. The molecule has 1 atom stereocenters. The zero-order chi connectivity index (χ0) is 10.6. The Morgan fingerprint density at radius 3 is 2.71 bits per heavy atom. The molecule has 1 rings (SSSR count). The van der Waals surface area contributed by atoms with Gasteiger partial charge in [0.2, 0.25) is 0 Å². The summed E-state index contributed by atoms with van der Waals surface area (Å²) >= 11 is 0. The summed E-state index contributed by atoms with van der Waals surface area (Å²) in [6.45, 7) is 7.77. The average molecular weight is 197 g/mol. The summed E-state index contributed by atoms with van der Waals surface area (Å²) < 4.78 is 1.93. The zero-order valence-corrected chi connectivity index (χ0v) is 9.12. The Hall–Kier alpha value is -0.870. The van der Waals surface area contributed by atoms with Gasteiger partial charge in [0.25, 0.3) is 0 Å². The van der Waals surface area contributed by atoms with Crippen LogP contribution in [0.15, 0.2) is 6.07 Å². The normalized spacial score (nSPS) is 13.1. The molecule has 0 saturated carbocycles. The van der Waals surface area contributed by atoms with E-state index < -0.39 is 0 Å². The van der Waals surface area contributed by atoms with E-state index in [1.165, 1.54) is 0 Å². The van der Waals surface area contributed by atoms with Crippen LogP contribution in [-0.4, -0.2) is 34.1 Å². The van der Waals surface area contributed by atoms with Gasteiger partial charge in [0.05, 0.1) is 18.8 Å². The van der Waals surface area contributed by atoms with E-state index in [0.717, 1.165) is 24.5 Å². The minimum atomic E-state index is 0.0954. The third-order valence-electron chi connectivity index (χ3n) is 2.21. The lowest BCUT2D eigenvalue weighted by Crippen LogP contribution is -2.36. The van der Waals surface area contributed by atoms with Crippen molar-refractivity contribution in [2.75, 3.05) is 13.2 Å². The molecule has 4 heteroatoms. The quantitative estimate of drug-likeness (QED) is 0.721. The minimum Gasteiger partial charge on any atom is -0.395 e. The number of nitrogens with one attached hydrogen (secondary N) is 1. The van der Waals surface area contributed by atoms with E-state index in [0.29, 0.717) is 0 Å². The van der Waals surface area contributed by atoms with Gasteiger partial charge >= 0.3 is 0 Å². The molecule has 0 fully saturated rings. The van der Waals surface area contributed by atoms with Crippen LogP contribution in [0, 0.1) is 13.8 Å². The largest absolute Gasteiger partial charge is 0.395 e. The van der Waals surface area contributed by atoms with Crippen molar-refractivity contribution in [3.63, 3.8) is 0 Å². The molecule has 0 spiro atoms. The molecule has 0 aliphatic heterocycles. The number of likely N-dealkylation sites (N-methyl/N-ethyl adjacent to an activating group) is 1. The number of rotatable bonds is 5. The predicted octanol–water partition coefficient (Wildman–Crippen LogP) is 0.470. The molecule has 0 amide bonds. The highest BCUT2D eigenvalue weighted by atomic mass is 16.3. The third-order valence-corrected chi connectivity index (χ3v) is 2.21. The summed E-state index contributed by atoms with van der Waals surface area (Å²) in [6, 6.07) is 2.14. The van der Waals surface area contributed by atoms with Crippen LogP contribution in [0.25, 0.3) is 0 Å². The molecule has 0 saturated heterocycles. The van der Waals surface area contributed by atoms with Crippen molar-refractivity contribution in [2.24, 2.45) is 0 Å². The maximum Gasteiger partial charge on any atom is 0.0602 e. The van der Waals surface area contributed by atoms with Crippen molar-refractivity contribution < 1.29 is 5.11 Å². The first-order chi connectivity index (χ1) is 6.67. The van der Waals surface area contributed by atoms with Crippen LogP contribution >= 0.6 is 0 Å². The summed E-state index contributed by atoms with van der Waals surface area (Å²) in [5.41, 5.74) is 2.16. The standard InChI is InChI=1S/C10H19N3O/c1-4-11-10(7-14)6-13-9(3)5-8(2)12-13/h5,10-11,14H,4,6-7H2,1-3H3. The van der Waals surface area contributed by atoms with Gasteiger partial charge in [0, 0.05) is 11.7 Å². The average Bonchev–Trinajstić information content (AvgIpc) is 2.44. The lowest BCUT2D eigenvalue weighted by molar-refractivity contribution is 0.226. The molecule has 1 aromatic heterocycles. The zero-order valence-electron chi connectivity index (χ0n) is 9.12. The van der Waals surface area contributed by atoms with E-state index in [2.05, 4.69) is 10.4 Å². The highest BCUT2D eigenvalue weighted by molar-refractivity contribution is 5.06. The van der Waals surface area contributed by atoms with Crippen molar-refractivity contribution in [2.45, 2.75) is 33.4 Å². The molecule has 80 valence electrons. The highest BCUT2D eigenvalue weighted by Crippen LogP contribution is 2.02. The van der Waals surface area contributed by atoms with Crippen molar-refractivity contribution >= 4 is 0 Å². The molecule has 0 aliphatic carbocycles. The minimum absolute atomic E-state index is 0.0954. The number of aromatic nitrogens is 2. The van der Waals surface area contributed by atoms with Crippen molar-refractivity contribution in [3.8, 4) is 0 Å². The van der Waals surface area contributed by atoms with E-state index in [1.54, 1.807) is 0 Å². The van der Waals surface area contributed by atoms with Crippen LogP contribution in [0.4, 0.5) is 0 Å². The van der Waals surface area contributed by atoms with E-state index in [1.807, 2.05) is 31.5 Å². The molecule has 14 heavy (non-hydrogen) atoms. The van der Waals surface area contributed by atoms with E-state index in [9.17, 15) is 0 Å². The molecular weight excluding hydrogens is 178 g/mol. The van der Waals surface area contributed by atoms with Gasteiger partial charge in [-0.2, -0.15) is 5.10 Å². The second kappa shape index (κ2) is 5.12. The summed E-state index contributed by atoms with van der Waals surface area (Å²) in [7, 11) is 0. The van der Waals surface area contributed by atoms with Crippen LogP contribution in [0.3, 0.4) is 0 Å². The molecule has 1 heterocycles. The first-order valence-electron chi connectivity index (χ1n) is 5.02. The van der Waals surface area contributed by atoms with E-state index >= 15 is 0 Å². The van der Waals surface area contributed by atoms with Gasteiger partial charge in [0.15, 0.2) is 0 Å². The van der Waals surface area contributed by atoms with Gasteiger partial charge in [-0.3, -0.25) is 4.68 Å². The Kier molecular flexibility index (Phi) is 4.10. The Morgan fingerprint density at radius 1 is 1.57 bits per heavy atom. The van der Waals surface area contributed by atoms with Crippen molar-refractivity contribution in [3.05, 3.63) is 17.5 Å². The van der Waals surface area contributed by atoms with Crippen molar-refractivity contribution in [1.82, 2.24) is 15.1 Å². The number of nitrogens with zero attached hydrogens (tertiary/aromatic N) is 2. The third kappa shape index (κ3) is 2.82. The first-order valence-corrected chi connectivity index (χ1v) is 5.02. The molecule has 2 N–H and O–H groups in total. The second-order valence-corrected chi connectivity index (χ2v) is 3.55. The van der Waals surface area contributed by atoms with Gasteiger partial charge in [-0.25, -0.2) is 0 Å². The summed E-state index contributed by atoms with van der Waals surface area (Å²) in [4.78, 5) is 0. The molecule has 1 unspecified atom stereocenters. The second-order valence-electron chi connectivity index (χ2n) is 3.55. The Bertz CT molecular complexity index is 283. The first kappa shape index (κ1) is 11.2. The smallest absolute Gasteiger partial charge is 0.0602 e. The van der Waals surface area contributed by atoms with Crippen LogP contribution in [0.2, 0.25) is 0 Å². The maximum absolute atomic E-state index is 9.11. The molecule has 0 aromatic carbocycles. The number of aryl methyl sites for hydroxylation is 2. The molecule has 4 nitrogen and oxygen atoms in total. The molecule has 0 bridgehead atoms. The molecule has 0 radical (unpaired) electrons. The fourth-order valence-corrected chi connectivity index (χ4v) is 1.54. The lowest BCUT2D eigenvalue weighted by Gasteiger charge is -2.15. The fourth-order valence-electron chi connectivity index (χ4n) is 1.54. The Balaban J connectivity index is 2.61. The molecule has 0 aliphatic rings. The molecular formula is C10H19N3O. The number of hydrogen-bond acceptors (Lipinski definition) is 3. The van der Waals surface area contributed by atoms with E-state index in [-0.39, 0.29) is 12.6 Å². The summed E-state index contributed by atoms with van der Waals surface area (Å²) in [5.74, 6) is 0. The summed E-state index contributed by atoms with van der Waals surface area (Å²) in [5, 5.41) is 16.7. The van der Waals surface area contributed by atoms with Gasteiger partial charge in [0.1, 0.15) is 0 Å². The van der Waals surface area contributed by atoms with Gasteiger partial charge < -0.3 is 10.4 Å². The van der Waals surface area contributed by atoms with Crippen LogP contribution in [-0.2, 0) is 6.54 Å². The van der Waals surface area contributed by atoms with Crippen LogP contribution < -0.4 is 5.32 Å². The Labute approximate surface area is 84.9 Å². The topological polar surface area (TPSA) is 50.1 Å². The van der Waals surface area contributed by atoms with Gasteiger partial charge in [-0.15, -0.1) is 0 Å². The highest BCUT2D eigenvalue weighted by Gasteiger charge is 2.08. The van der Waals surface area contributed by atoms with E-state index in [4.69, 9.17) is 5.11 Å². The Morgan fingerprint density at radius 2 is 2.29 bits per heavy atom. The number of hydrogen-bond donors (Lipinski definition) is 2. The molecule has 1 aromatic rings. The predicted molar refractivity (Wildman–Crippen MR) is 56.3 cm³/mol. The maximum atomic E-state index is 9.11. The summed E-state index contributed by atoms with van der Waals surface area (Å²) in [6.07, 6.45) is 0. The van der Waals surface area contributed by atoms with Crippen molar-refractivity contribution in [1.29, 1.82) is 0 Å². The monoisotopic (exact) mass is 197 g/mol.